The number of piperidine rings is 1. The summed E-state index contributed by atoms with van der Waals surface area (Å²) in [7, 11) is 0. The van der Waals surface area contributed by atoms with Crippen molar-refractivity contribution in [2.24, 2.45) is 5.41 Å². The summed E-state index contributed by atoms with van der Waals surface area (Å²) in [5.41, 5.74) is 1.53. The van der Waals surface area contributed by atoms with E-state index in [1.165, 1.54) is 18.9 Å². The Kier molecular flexibility index (Phi) is 2.75. The molecular weight excluding hydrogens is 239 g/mol. The third-order valence-corrected chi connectivity index (χ3v) is 4.27. The Morgan fingerprint density at radius 3 is 2.59 bits per heavy atom. The molecule has 2 fully saturated rings. The Morgan fingerprint density at radius 1 is 1.24 bits per heavy atom. The summed E-state index contributed by atoms with van der Waals surface area (Å²) in [5, 5.41) is 3.61. The Morgan fingerprint density at radius 2 is 1.94 bits per heavy atom. The second-order valence-electron chi connectivity index (χ2n) is 5.20. The predicted octanol–water partition coefficient (Wildman–Crippen LogP) is 2.67. The molecule has 2 aliphatic rings. The van der Waals surface area contributed by atoms with Gasteiger partial charge in [-0.25, -0.2) is 4.39 Å². The van der Waals surface area contributed by atoms with Crippen LogP contribution in [0, 0.1) is 11.2 Å². The van der Waals surface area contributed by atoms with Crippen LogP contribution in [0.15, 0.2) is 18.2 Å². The van der Waals surface area contributed by atoms with Gasteiger partial charge in [-0.3, -0.25) is 0 Å². The minimum Gasteiger partial charge on any atom is -0.370 e. The monoisotopic (exact) mass is 254 g/mol. The molecule has 0 amide bonds. The number of halogens is 2. The van der Waals surface area contributed by atoms with Crippen LogP contribution in [-0.4, -0.2) is 26.2 Å². The van der Waals surface area contributed by atoms with E-state index >= 15 is 0 Å². The standard InChI is InChI=1S/C13H16ClFN2/c14-11-7-10(1-2-12(11)15)17-8-13(9-17)3-5-16-6-4-13/h1-2,7,16H,3-6,8-9H2. The first kappa shape index (κ1) is 11.3. The lowest BCUT2D eigenvalue weighted by molar-refractivity contribution is 0.150. The van der Waals surface area contributed by atoms with E-state index in [9.17, 15) is 4.39 Å². The molecule has 92 valence electrons. The van der Waals surface area contributed by atoms with Crippen LogP contribution in [0.1, 0.15) is 12.8 Å². The van der Waals surface area contributed by atoms with Crippen LogP contribution in [0.2, 0.25) is 5.02 Å². The molecule has 2 heterocycles. The first-order chi connectivity index (χ1) is 8.19. The summed E-state index contributed by atoms with van der Waals surface area (Å²) in [4.78, 5) is 2.29. The minimum atomic E-state index is -0.340. The zero-order valence-corrected chi connectivity index (χ0v) is 10.4. The molecule has 2 nitrogen and oxygen atoms in total. The van der Waals surface area contributed by atoms with Crippen molar-refractivity contribution in [3.8, 4) is 0 Å². The van der Waals surface area contributed by atoms with Crippen molar-refractivity contribution >= 4 is 17.3 Å². The zero-order chi connectivity index (χ0) is 11.9. The van der Waals surface area contributed by atoms with Crippen LogP contribution in [0.5, 0.6) is 0 Å². The highest BCUT2D eigenvalue weighted by molar-refractivity contribution is 6.31. The SMILES string of the molecule is Fc1ccc(N2CC3(CCNCC3)C2)cc1Cl. The molecular formula is C13H16ClFN2. The van der Waals surface area contributed by atoms with Gasteiger partial charge in [0.2, 0.25) is 0 Å². The third kappa shape index (κ3) is 2.02. The number of benzene rings is 1. The van der Waals surface area contributed by atoms with Gasteiger partial charge in [-0.15, -0.1) is 0 Å². The van der Waals surface area contributed by atoms with Gasteiger partial charge in [-0.2, -0.15) is 0 Å². The first-order valence-electron chi connectivity index (χ1n) is 6.09. The van der Waals surface area contributed by atoms with Gasteiger partial charge in [0.15, 0.2) is 0 Å². The third-order valence-electron chi connectivity index (χ3n) is 3.99. The number of rotatable bonds is 1. The molecule has 1 aromatic rings. The maximum atomic E-state index is 13.1. The molecule has 0 bridgehead atoms. The lowest BCUT2D eigenvalue weighted by atomic mass is 9.72. The summed E-state index contributed by atoms with van der Waals surface area (Å²) >= 11 is 5.80. The maximum absolute atomic E-state index is 13.1. The molecule has 2 saturated heterocycles. The highest BCUT2D eigenvalue weighted by atomic mass is 35.5. The van der Waals surface area contributed by atoms with Crippen LogP contribution in [0.25, 0.3) is 0 Å². The number of hydrogen-bond acceptors (Lipinski definition) is 2. The van der Waals surface area contributed by atoms with Crippen molar-refractivity contribution in [3.05, 3.63) is 29.0 Å². The van der Waals surface area contributed by atoms with Gasteiger partial charge >= 0.3 is 0 Å². The molecule has 0 saturated carbocycles. The lowest BCUT2D eigenvalue weighted by Crippen LogP contribution is -2.60. The molecule has 1 spiro atoms. The van der Waals surface area contributed by atoms with Crippen molar-refractivity contribution in [2.45, 2.75) is 12.8 Å². The maximum Gasteiger partial charge on any atom is 0.141 e. The van der Waals surface area contributed by atoms with Crippen molar-refractivity contribution in [1.82, 2.24) is 5.32 Å². The fraction of sp³-hybridized carbons (Fsp3) is 0.538. The van der Waals surface area contributed by atoms with Gasteiger partial charge in [0.1, 0.15) is 5.82 Å². The molecule has 0 atom stereocenters. The molecule has 1 aromatic carbocycles. The average Bonchev–Trinajstić information content (AvgIpc) is 2.31. The van der Waals surface area contributed by atoms with Crippen LogP contribution in [0.4, 0.5) is 10.1 Å². The molecule has 0 aromatic heterocycles. The Labute approximate surface area is 106 Å². The summed E-state index contributed by atoms with van der Waals surface area (Å²) in [6.45, 7) is 4.41. The highest BCUT2D eigenvalue weighted by Crippen LogP contribution is 2.41. The molecule has 4 heteroatoms. The molecule has 2 aliphatic heterocycles. The van der Waals surface area contributed by atoms with Gasteiger partial charge in [-0.1, -0.05) is 11.6 Å². The number of nitrogens with zero attached hydrogens (tertiary/aromatic N) is 1. The average molecular weight is 255 g/mol. The molecule has 0 aliphatic carbocycles. The Bertz CT molecular complexity index is 421. The molecule has 3 rings (SSSR count). The second kappa shape index (κ2) is 4.14. The predicted molar refractivity (Wildman–Crippen MR) is 68.2 cm³/mol. The molecule has 0 unspecified atom stereocenters. The fourth-order valence-electron chi connectivity index (χ4n) is 2.90. The van der Waals surface area contributed by atoms with Gasteiger partial charge in [0.05, 0.1) is 5.02 Å². The van der Waals surface area contributed by atoms with Crippen LogP contribution in [-0.2, 0) is 0 Å². The van der Waals surface area contributed by atoms with E-state index in [0.29, 0.717) is 5.41 Å². The normalized spacial score (nSPS) is 22.6. The quantitative estimate of drug-likeness (QED) is 0.829. The molecule has 17 heavy (non-hydrogen) atoms. The van der Waals surface area contributed by atoms with Gasteiger partial charge in [0.25, 0.3) is 0 Å². The Balaban J connectivity index is 1.70. The van der Waals surface area contributed by atoms with Gasteiger partial charge < -0.3 is 10.2 Å². The topological polar surface area (TPSA) is 15.3 Å². The van der Waals surface area contributed by atoms with Crippen molar-refractivity contribution in [1.29, 1.82) is 0 Å². The van der Waals surface area contributed by atoms with E-state index in [2.05, 4.69) is 10.2 Å². The Hall–Kier alpha value is -0.800. The summed E-state index contributed by atoms with van der Waals surface area (Å²) in [6.07, 6.45) is 2.50. The first-order valence-corrected chi connectivity index (χ1v) is 6.47. The fourth-order valence-corrected chi connectivity index (χ4v) is 3.08. The van der Waals surface area contributed by atoms with Gasteiger partial charge in [-0.05, 0) is 44.1 Å². The van der Waals surface area contributed by atoms with E-state index in [4.69, 9.17) is 11.6 Å². The largest absolute Gasteiger partial charge is 0.370 e. The van der Waals surface area contributed by atoms with Crippen molar-refractivity contribution < 1.29 is 4.39 Å². The van der Waals surface area contributed by atoms with Crippen molar-refractivity contribution in [2.75, 3.05) is 31.1 Å². The van der Waals surface area contributed by atoms with Crippen LogP contribution in [0.3, 0.4) is 0 Å². The van der Waals surface area contributed by atoms with Crippen molar-refractivity contribution in [3.63, 3.8) is 0 Å². The second-order valence-corrected chi connectivity index (χ2v) is 5.61. The minimum absolute atomic E-state index is 0.216. The summed E-state index contributed by atoms with van der Waals surface area (Å²) in [5.74, 6) is -0.340. The zero-order valence-electron chi connectivity index (χ0n) is 9.68. The summed E-state index contributed by atoms with van der Waals surface area (Å²) in [6, 6.07) is 4.99. The van der Waals surface area contributed by atoms with E-state index in [1.54, 1.807) is 6.07 Å². The number of nitrogens with one attached hydrogen (secondary N) is 1. The van der Waals surface area contributed by atoms with Gasteiger partial charge in [0, 0.05) is 24.2 Å². The molecule has 1 N–H and O–H groups in total. The summed E-state index contributed by atoms with van der Waals surface area (Å²) < 4.78 is 13.1. The smallest absolute Gasteiger partial charge is 0.141 e. The van der Waals surface area contributed by atoms with E-state index in [0.717, 1.165) is 31.9 Å². The number of anilines is 1. The van der Waals surface area contributed by atoms with E-state index < -0.39 is 0 Å². The van der Waals surface area contributed by atoms with Crippen LogP contribution < -0.4 is 10.2 Å². The molecule has 0 radical (unpaired) electrons. The highest BCUT2D eigenvalue weighted by Gasteiger charge is 2.43. The van der Waals surface area contributed by atoms with E-state index in [-0.39, 0.29) is 10.8 Å². The van der Waals surface area contributed by atoms with E-state index in [1.807, 2.05) is 6.07 Å². The lowest BCUT2D eigenvalue weighted by Gasteiger charge is -2.53. The van der Waals surface area contributed by atoms with Crippen LogP contribution >= 0.6 is 11.6 Å². The number of hydrogen-bond donors (Lipinski definition) is 1.